The molecule has 7 nitrogen and oxygen atoms in total. The van der Waals surface area contributed by atoms with Crippen molar-refractivity contribution in [2.75, 3.05) is 20.0 Å². The van der Waals surface area contributed by atoms with Gasteiger partial charge in [-0.2, -0.15) is 9.13 Å². The number of fused-ring (bicyclic) bond motifs is 1. The molecule has 0 bridgehead atoms. The first kappa shape index (κ1) is 23.3. The predicted molar refractivity (Wildman–Crippen MR) is 133 cm³/mol. The number of aromatic nitrogens is 2. The van der Waals surface area contributed by atoms with E-state index in [1.807, 2.05) is 69.8 Å². The van der Waals surface area contributed by atoms with Crippen LogP contribution in [-0.4, -0.2) is 18.8 Å². The number of nitrogen functional groups attached to an aromatic ring is 1. The van der Waals surface area contributed by atoms with Gasteiger partial charge in [-0.05, 0) is 48.2 Å². The van der Waals surface area contributed by atoms with Crippen molar-refractivity contribution in [3.05, 3.63) is 71.8 Å². The Kier molecular flexibility index (Phi) is 7.11. The van der Waals surface area contributed by atoms with Gasteiger partial charge in [-0.3, -0.25) is 5.73 Å². The van der Waals surface area contributed by atoms with E-state index in [4.69, 9.17) is 24.7 Å². The second kappa shape index (κ2) is 10.4. The molecule has 1 aromatic heterocycles. The minimum absolute atomic E-state index is 0.263. The Bertz CT molecular complexity index is 1190. The molecule has 0 atom stereocenters. The van der Waals surface area contributed by atoms with Crippen LogP contribution in [-0.2, 0) is 26.3 Å². The van der Waals surface area contributed by atoms with E-state index in [2.05, 4.69) is 13.8 Å². The van der Waals surface area contributed by atoms with Crippen molar-refractivity contribution in [1.29, 1.82) is 0 Å². The molecule has 0 aliphatic rings. The topological polar surface area (TPSA) is 71.8 Å². The Morgan fingerprint density at radius 1 is 0.794 bits per heavy atom. The maximum Gasteiger partial charge on any atom is 0.361 e. The Balaban J connectivity index is 1.63. The first-order valence-corrected chi connectivity index (χ1v) is 11.5. The van der Waals surface area contributed by atoms with Crippen LogP contribution in [0.4, 0.5) is 5.95 Å². The molecule has 34 heavy (non-hydrogen) atoms. The summed E-state index contributed by atoms with van der Waals surface area (Å²) in [6.07, 6.45) is 1.71. The smallest absolute Gasteiger partial charge is 0.361 e. The standard InChI is InChI=1S/C27H31N3O4/c1-5-19-11-13-21(31-3)15-25(19)33-17-29-23-9-7-8-10-24(23)30(27(29)28)18-34-26-16-22(32-4)14-12-20(26)6-2/h7-16,28H,5-6,17-18H2,1-4H3/p+1. The summed E-state index contributed by atoms with van der Waals surface area (Å²) < 4.78 is 27.1. The lowest BCUT2D eigenvalue weighted by atomic mass is 10.1. The Labute approximate surface area is 200 Å². The number of nitrogens with two attached hydrogens (primary N) is 1. The molecule has 1 heterocycles. The molecule has 4 rings (SSSR count). The largest absolute Gasteiger partial charge is 0.497 e. The highest BCUT2D eigenvalue weighted by Gasteiger charge is 2.22. The molecule has 0 amide bonds. The van der Waals surface area contributed by atoms with E-state index < -0.39 is 0 Å². The third-order valence-electron chi connectivity index (χ3n) is 6.03. The van der Waals surface area contributed by atoms with Crippen molar-refractivity contribution in [2.45, 2.75) is 40.2 Å². The van der Waals surface area contributed by atoms with Crippen LogP contribution < -0.4 is 29.2 Å². The lowest BCUT2D eigenvalue weighted by molar-refractivity contribution is -0.687. The summed E-state index contributed by atoms with van der Waals surface area (Å²) in [6, 6.07) is 19.8. The highest BCUT2D eigenvalue weighted by Crippen LogP contribution is 2.28. The Morgan fingerprint density at radius 3 is 1.97 bits per heavy atom. The molecule has 4 aromatic rings. The summed E-state index contributed by atoms with van der Waals surface area (Å²) >= 11 is 0. The number of methoxy groups -OCH3 is 2. The maximum atomic E-state index is 6.61. The van der Waals surface area contributed by atoms with Gasteiger partial charge in [-0.25, -0.2) is 0 Å². The average molecular weight is 463 g/mol. The zero-order valence-corrected chi connectivity index (χ0v) is 20.2. The summed E-state index contributed by atoms with van der Waals surface area (Å²) in [6.45, 7) is 4.73. The van der Waals surface area contributed by atoms with Gasteiger partial charge in [0.25, 0.3) is 0 Å². The van der Waals surface area contributed by atoms with Gasteiger partial charge in [-0.15, -0.1) is 0 Å². The van der Waals surface area contributed by atoms with Crippen LogP contribution in [0.25, 0.3) is 11.0 Å². The monoisotopic (exact) mass is 462 g/mol. The summed E-state index contributed by atoms with van der Waals surface area (Å²) in [4.78, 5) is 0. The lowest BCUT2D eigenvalue weighted by Gasteiger charge is -2.12. The summed E-state index contributed by atoms with van der Waals surface area (Å²) in [5.74, 6) is 3.62. The fourth-order valence-corrected chi connectivity index (χ4v) is 4.03. The van der Waals surface area contributed by atoms with Gasteiger partial charge in [0.2, 0.25) is 13.5 Å². The average Bonchev–Trinajstić information content (AvgIpc) is 3.15. The summed E-state index contributed by atoms with van der Waals surface area (Å²) in [5, 5.41) is 0. The number of hydrogen-bond donors (Lipinski definition) is 1. The fraction of sp³-hybridized carbons (Fsp3) is 0.296. The third kappa shape index (κ3) is 4.59. The van der Waals surface area contributed by atoms with Gasteiger partial charge in [0, 0.05) is 12.1 Å². The summed E-state index contributed by atoms with van der Waals surface area (Å²) in [5.41, 5.74) is 10.8. The van der Waals surface area contributed by atoms with Gasteiger partial charge < -0.3 is 18.9 Å². The van der Waals surface area contributed by atoms with Gasteiger partial charge >= 0.3 is 5.95 Å². The predicted octanol–water partition coefficient (Wildman–Crippen LogP) is 4.73. The van der Waals surface area contributed by atoms with E-state index in [1.165, 1.54) is 0 Å². The van der Waals surface area contributed by atoms with Gasteiger partial charge in [-0.1, -0.05) is 38.1 Å². The highest BCUT2D eigenvalue weighted by atomic mass is 16.5. The molecule has 0 saturated carbocycles. The normalized spacial score (nSPS) is 10.9. The van der Waals surface area contributed by atoms with Crippen LogP contribution in [0, 0.1) is 0 Å². The summed E-state index contributed by atoms with van der Waals surface area (Å²) in [7, 11) is 3.30. The molecule has 0 aliphatic heterocycles. The molecule has 0 saturated heterocycles. The first-order valence-electron chi connectivity index (χ1n) is 11.5. The second-order valence-corrected chi connectivity index (χ2v) is 7.90. The van der Waals surface area contributed by atoms with E-state index in [0.29, 0.717) is 5.95 Å². The van der Waals surface area contributed by atoms with Gasteiger partial charge in [0.05, 0.1) is 14.2 Å². The molecule has 2 N–H and O–H groups in total. The molecular weight excluding hydrogens is 430 g/mol. The molecule has 0 unspecified atom stereocenters. The molecule has 0 radical (unpaired) electrons. The number of benzene rings is 3. The molecular formula is C27H32N3O4+. The van der Waals surface area contributed by atoms with E-state index in [0.717, 1.165) is 58.0 Å². The Hall–Kier alpha value is -3.87. The van der Waals surface area contributed by atoms with Crippen LogP contribution in [0.1, 0.15) is 25.0 Å². The quantitative estimate of drug-likeness (QED) is 0.345. The zero-order valence-electron chi connectivity index (χ0n) is 20.2. The van der Waals surface area contributed by atoms with Crippen LogP contribution in [0.2, 0.25) is 0 Å². The molecule has 0 fully saturated rings. The van der Waals surface area contributed by atoms with Crippen molar-refractivity contribution < 1.29 is 23.5 Å². The Morgan fingerprint density at radius 2 is 1.38 bits per heavy atom. The van der Waals surface area contributed by atoms with E-state index >= 15 is 0 Å². The van der Waals surface area contributed by atoms with Crippen molar-refractivity contribution >= 4 is 17.0 Å². The number of para-hydroxylation sites is 2. The minimum Gasteiger partial charge on any atom is -0.497 e. The molecule has 7 heteroatoms. The highest BCUT2D eigenvalue weighted by molar-refractivity contribution is 5.73. The van der Waals surface area contributed by atoms with Crippen molar-refractivity contribution in [3.8, 4) is 23.0 Å². The first-order chi connectivity index (χ1) is 16.6. The number of anilines is 1. The van der Waals surface area contributed by atoms with Crippen molar-refractivity contribution in [1.82, 2.24) is 4.57 Å². The van der Waals surface area contributed by atoms with E-state index in [1.54, 1.807) is 14.2 Å². The zero-order chi connectivity index (χ0) is 24.1. The number of nitrogens with zero attached hydrogens (tertiary/aromatic N) is 2. The fourth-order valence-electron chi connectivity index (χ4n) is 4.03. The molecule has 3 aromatic carbocycles. The van der Waals surface area contributed by atoms with Crippen molar-refractivity contribution in [3.63, 3.8) is 0 Å². The number of imidazole rings is 1. The third-order valence-corrected chi connectivity index (χ3v) is 6.03. The number of rotatable bonds is 10. The molecule has 0 aliphatic carbocycles. The van der Waals surface area contributed by atoms with Crippen LogP contribution in [0.15, 0.2) is 60.7 Å². The van der Waals surface area contributed by atoms with Crippen molar-refractivity contribution in [2.24, 2.45) is 0 Å². The van der Waals surface area contributed by atoms with E-state index in [-0.39, 0.29) is 13.5 Å². The van der Waals surface area contributed by atoms with Gasteiger partial charge in [0.15, 0.2) is 0 Å². The van der Waals surface area contributed by atoms with Crippen LogP contribution >= 0.6 is 0 Å². The SMILES string of the molecule is CCc1ccc(OC)cc1OCn1c(N)[n+](COc2cc(OC)ccc2CC)c2ccccc21. The lowest BCUT2D eigenvalue weighted by Crippen LogP contribution is -2.39. The van der Waals surface area contributed by atoms with Crippen LogP contribution in [0.5, 0.6) is 23.0 Å². The number of aryl methyl sites for hydroxylation is 2. The molecule has 0 spiro atoms. The second-order valence-electron chi connectivity index (χ2n) is 7.90. The molecule has 178 valence electrons. The number of hydrogen-bond acceptors (Lipinski definition) is 5. The van der Waals surface area contributed by atoms with Crippen LogP contribution in [0.3, 0.4) is 0 Å². The van der Waals surface area contributed by atoms with E-state index in [9.17, 15) is 0 Å². The maximum absolute atomic E-state index is 6.61. The van der Waals surface area contributed by atoms with Gasteiger partial charge in [0.1, 0.15) is 34.0 Å². The minimum atomic E-state index is 0.263. The number of ether oxygens (including phenoxy) is 4.